The van der Waals surface area contributed by atoms with Crippen molar-refractivity contribution in [2.75, 3.05) is 19.7 Å². The Bertz CT molecular complexity index is 1120. The Morgan fingerprint density at radius 2 is 2.00 bits per heavy atom. The summed E-state index contributed by atoms with van der Waals surface area (Å²) in [6.07, 6.45) is 5.67. The van der Waals surface area contributed by atoms with Crippen LogP contribution in [0.5, 0.6) is 0 Å². The van der Waals surface area contributed by atoms with Crippen molar-refractivity contribution in [3.8, 4) is 0 Å². The molecule has 2 atom stereocenters. The van der Waals surface area contributed by atoms with Crippen molar-refractivity contribution in [3.05, 3.63) is 51.1 Å². The summed E-state index contributed by atoms with van der Waals surface area (Å²) in [5.74, 6) is 0.728. The molecule has 31 heavy (non-hydrogen) atoms. The standard InChI is InChI=1S/C23H30N6O2/c1-15-11-16(2)20-17(12-15)13-19(23(30)24-20)21(28-8-4-3-5-9-28)22-25-26-27-29(22)14-18-7-6-10-31-18/h11-13,18,21H,3-10,14H2,1-2H3,(H,24,30)/t18-,21-/m1/s1. The van der Waals surface area contributed by atoms with Crippen LogP contribution < -0.4 is 5.56 Å². The summed E-state index contributed by atoms with van der Waals surface area (Å²) in [5.41, 5.74) is 3.80. The fraction of sp³-hybridized carbons (Fsp3) is 0.565. The molecule has 2 saturated heterocycles. The van der Waals surface area contributed by atoms with Gasteiger partial charge in [-0.25, -0.2) is 4.68 Å². The maximum Gasteiger partial charge on any atom is 0.253 e. The second-order valence-electron chi connectivity index (χ2n) is 8.95. The van der Waals surface area contributed by atoms with Crippen LogP contribution in [0.4, 0.5) is 0 Å². The van der Waals surface area contributed by atoms with Crippen LogP contribution in [0.15, 0.2) is 23.0 Å². The van der Waals surface area contributed by atoms with Crippen LogP contribution >= 0.6 is 0 Å². The molecule has 0 unspecified atom stereocenters. The van der Waals surface area contributed by atoms with Crippen molar-refractivity contribution in [1.82, 2.24) is 30.1 Å². The summed E-state index contributed by atoms with van der Waals surface area (Å²) in [5, 5.41) is 13.7. The molecule has 0 saturated carbocycles. The number of likely N-dealkylation sites (tertiary alicyclic amines) is 1. The number of H-pyrrole nitrogens is 1. The van der Waals surface area contributed by atoms with Crippen molar-refractivity contribution in [2.45, 2.75) is 64.6 Å². The minimum Gasteiger partial charge on any atom is -0.376 e. The van der Waals surface area contributed by atoms with Crippen LogP contribution in [-0.2, 0) is 11.3 Å². The van der Waals surface area contributed by atoms with Crippen molar-refractivity contribution >= 4 is 10.9 Å². The van der Waals surface area contributed by atoms with Crippen LogP contribution in [0, 0.1) is 13.8 Å². The molecule has 2 aliphatic heterocycles. The highest BCUT2D eigenvalue weighted by Crippen LogP contribution is 2.30. The molecule has 0 spiro atoms. The van der Waals surface area contributed by atoms with Crippen LogP contribution in [0.1, 0.15) is 60.7 Å². The third-order valence-corrected chi connectivity index (χ3v) is 6.58. The van der Waals surface area contributed by atoms with Crippen molar-refractivity contribution in [1.29, 1.82) is 0 Å². The van der Waals surface area contributed by atoms with Gasteiger partial charge in [-0.3, -0.25) is 9.69 Å². The van der Waals surface area contributed by atoms with Gasteiger partial charge >= 0.3 is 0 Å². The number of aromatic amines is 1. The average Bonchev–Trinajstić information content (AvgIpc) is 3.43. The molecule has 0 aliphatic carbocycles. The molecule has 164 valence electrons. The summed E-state index contributed by atoms with van der Waals surface area (Å²) in [6.45, 7) is 7.40. The molecule has 8 heteroatoms. The molecular weight excluding hydrogens is 392 g/mol. The normalized spacial score (nSPS) is 21.0. The number of rotatable bonds is 5. The van der Waals surface area contributed by atoms with Crippen molar-refractivity contribution in [2.24, 2.45) is 0 Å². The smallest absolute Gasteiger partial charge is 0.253 e. The Morgan fingerprint density at radius 1 is 1.16 bits per heavy atom. The molecule has 1 aromatic carbocycles. The van der Waals surface area contributed by atoms with Crippen molar-refractivity contribution < 1.29 is 4.74 Å². The summed E-state index contributed by atoms with van der Waals surface area (Å²) in [7, 11) is 0. The van der Waals surface area contributed by atoms with E-state index in [-0.39, 0.29) is 17.7 Å². The Hall–Kier alpha value is -2.58. The molecule has 4 heterocycles. The number of benzene rings is 1. The second-order valence-corrected chi connectivity index (χ2v) is 8.95. The van der Waals surface area contributed by atoms with E-state index in [1.807, 2.05) is 17.7 Å². The molecule has 2 fully saturated rings. The van der Waals surface area contributed by atoms with E-state index in [0.717, 1.165) is 67.7 Å². The van der Waals surface area contributed by atoms with E-state index in [4.69, 9.17) is 4.74 Å². The minimum atomic E-state index is -0.273. The van der Waals surface area contributed by atoms with Gasteiger partial charge in [0, 0.05) is 12.2 Å². The zero-order valence-electron chi connectivity index (χ0n) is 18.3. The van der Waals surface area contributed by atoms with E-state index < -0.39 is 0 Å². The summed E-state index contributed by atoms with van der Waals surface area (Å²) in [6, 6.07) is 6.00. The Balaban J connectivity index is 1.62. The van der Waals surface area contributed by atoms with E-state index in [1.165, 1.54) is 12.0 Å². The number of tetrazole rings is 1. The van der Waals surface area contributed by atoms with Crippen LogP contribution in [0.25, 0.3) is 10.9 Å². The third kappa shape index (κ3) is 4.02. The van der Waals surface area contributed by atoms with E-state index >= 15 is 0 Å². The number of pyridine rings is 1. The number of aryl methyl sites for hydroxylation is 2. The van der Waals surface area contributed by atoms with Gasteiger partial charge in [0.05, 0.1) is 18.2 Å². The summed E-state index contributed by atoms with van der Waals surface area (Å²) in [4.78, 5) is 18.8. The second kappa shape index (κ2) is 8.51. The van der Waals surface area contributed by atoms with Gasteiger partial charge in [-0.2, -0.15) is 0 Å². The first-order chi connectivity index (χ1) is 15.1. The van der Waals surface area contributed by atoms with E-state index in [0.29, 0.717) is 12.1 Å². The molecule has 8 nitrogen and oxygen atoms in total. The highest BCUT2D eigenvalue weighted by Gasteiger charge is 2.32. The van der Waals surface area contributed by atoms with E-state index in [2.05, 4.69) is 44.5 Å². The van der Waals surface area contributed by atoms with Gasteiger partial charge in [-0.05, 0) is 86.1 Å². The number of piperidine rings is 1. The molecular formula is C23H30N6O2. The number of fused-ring (bicyclic) bond motifs is 1. The molecule has 2 aliphatic rings. The first-order valence-corrected chi connectivity index (χ1v) is 11.4. The average molecular weight is 423 g/mol. The topological polar surface area (TPSA) is 88.9 Å². The lowest BCUT2D eigenvalue weighted by Gasteiger charge is -2.33. The quantitative estimate of drug-likeness (QED) is 0.680. The van der Waals surface area contributed by atoms with Gasteiger partial charge in [-0.15, -0.1) is 5.10 Å². The highest BCUT2D eigenvalue weighted by atomic mass is 16.5. The van der Waals surface area contributed by atoms with Crippen LogP contribution in [-0.4, -0.2) is 55.9 Å². The number of nitrogens with one attached hydrogen (secondary N) is 1. The van der Waals surface area contributed by atoms with Gasteiger partial charge in [0.2, 0.25) is 0 Å². The maximum atomic E-state index is 13.3. The van der Waals surface area contributed by atoms with E-state index in [9.17, 15) is 4.79 Å². The number of ether oxygens (including phenoxy) is 1. The van der Waals surface area contributed by atoms with Crippen LogP contribution in [0.3, 0.4) is 0 Å². The van der Waals surface area contributed by atoms with Gasteiger partial charge < -0.3 is 9.72 Å². The molecule has 0 amide bonds. The monoisotopic (exact) mass is 422 g/mol. The molecule has 3 aromatic rings. The van der Waals surface area contributed by atoms with Gasteiger partial charge in [0.25, 0.3) is 5.56 Å². The maximum absolute atomic E-state index is 13.3. The lowest BCUT2D eigenvalue weighted by molar-refractivity contribution is 0.0902. The molecule has 0 bridgehead atoms. The lowest BCUT2D eigenvalue weighted by Crippen LogP contribution is -2.39. The molecule has 2 aromatic heterocycles. The number of hydrogen-bond donors (Lipinski definition) is 1. The predicted octanol–water partition coefficient (Wildman–Crippen LogP) is 2.89. The summed E-state index contributed by atoms with van der Waals surface area (Å²) >= 11 is 0. The molecule has 0 radical (unpaired) electrons. The number of nitrogens with zero attached hydrogens (tertiary/aromatic N) is 5. The fourth-order valence-electron chi connectivity index (χ4n) is 5.10. The lowest BCUT2D eigenvalue weighted by atomic mass is 9.99. The first-order valence-electron chi connectivity index (χ1n) is 11.4. The van der Waals surface area contributed by atoms with E-state index in [1.54, 1.807) is 0 Å². The SMILES string of the molecule is Cc1cc(C)c2[nH]c(=O)c([C@H](c3nnnn3C[C@H]3CCCO3)N3CCCCC3)cc2c1. The zero-order valence-corrected chi connectivity index (χ0v) is 18.3. The fourth-order valence-corrected chi connectivity index (χ4v) is 5.10. The number of aromatic nitrogens is 5. The molecule has 1 N–H and O–H groups in total. The number of hydrogen-bond acceptors (Lipinski definition) is 6. The van der Waals surface area contributed by atoms with Crippen molar-refractivity contribution in [3.63, 3.8) is 0 Å². The van der Waals surface area contributed by atoms with Gasteiger partial charge in [-0.1, -0.05) is 18.1 Å². The Labute approximate surface area is 181 Å². The zero-order chi connectivity index (χ0) is 21.4. The van der Waals surface area contributed by atoms with Crippen LogP contribution in [0.2, 0.25) is 0 Å². The largest absolute Gasteiger partial charge is 0.376 e. The molecule has 5 rings (SSSR count). The minimum absolute atomic E-state index is 0.0679. The highest BCUT2D eigenvalue weighted by molar-refractivity contribution is 5.83. The van der Waals surface area contributed by atoms with Gasteiger partial charge in [0.15, 0.2) is 5.82 Å². The third-order valence-electron chi connectivity index (χ3n) is 6.58. The Kier molecular flexibility index (Phi) is 5.58. The first kappa shape index (κ1) is 20.3. The predicted molar refractivity (Wildman–Crippen MR) is 118 cm³/mol. The summed E-state index contributed by atoms with van der Waals surface area (Å²) < 4.78 is 7.67. The van der Waals surface area contributed by atoms with Gasteiger partial charge in [0.1, 0.15) is 6.04 Å². The Morgan fingerprint density at radius 3 is 2.77 bits per heavy atom.